The molecule has 0 spiro atoms. The highest BCUT2D eigenvalue weighted by molar-refractivity contribution is 6.02. The van der Waals surface area contributed by atoms with E-state index in [9.17, 15) is 24.3 Å². The highest BCUT2D eigenvalue weighted by atomic mass is 16.5. The van der Waals surface area contributed by atoms with Crippen LogP contribution in [-0.4, -0.2) is 71.0 Å². The van der Waals surface area contributed by atoms with E-state index < -0.39 is 29.9 Å². The molecular weight excluding hydrogens is 488 g/mol. The molecular formula is C28H36N4O6. The minimum atomic E-state index is -1.20. The standard InChI is InChI=1S/C28H36N4O6/c1-38-24-10-4-9-20-19(24)14-21(30-20)27(35)32-15-18(16-6-2-3-7-16)13-23(32)26(34)31-22(28(36)37)12-17-8-5-11-29-25(17)33/h4,9-10,14,16-18,22-23,30H,2-3,5-8,11-13,15H2,1H3,(H,29,33)(H,31,34)(H,36,37)/t17-,18?,22?,23?/m0/s1. The van der Waals surface area contributed by atoms with Crippen molar-refractivity contribution < 1.29 is 29.0 Å². The zero-order valence-electron chi connectivity index (χ0n) is 21.7. The Morgan fingerprint density at radius 2 is 1.95 bits per heavy atom. The van der Waals surface area contributed by atoms with E-state index in [1.54, 1.807) is 18.1 Å². The number of benzene rings is 1. The monoisotopic (exact) mass is 524 g/mol. The Balaban J connectivity index is 1.37. The number of carboxylic acid groups (broad SMARTS) is 1. The molecule has 3 heterocycles. The van der Waals surface area contributed by atoms with Crippen molar-refractivity contribution in [3.63, 3.8) is 0 Å². The van der Waals surface area contributed by atoms with E-state index in [0.29, 0.717) is 43.3 Å². The van der Waals surface area contributed by atoms with Crippen molar-refractivity contribution in [2.75, 3.05) is 20.2 Å². The Bertz CT molecular complexity index is 1220. The van der Waals surface area contributed by atoms with Crippen molar-refractivity contribution in [1.82, 2.24) is 20.5 Å². The maximum atomic E-state index is 13.8. The van der Waals surface area contributed by atoms with Crippen LogP contribution in [0.3, 0.4) is 0 Å². The molecule has 1 aliphatic carbocycles. The topological polar surface area (TPSA) is 141 Å². The maximum Gasteiger partial charge on any atom is 0.326 e. The van der Waals surface area contributed by atoms with Gasteiger partial charge in [0.1, 0.15) is 23.5 Å². The van der Waals surface area contributed by atoms with Crippen LogP contribution in [-0.2, 0) is 14.4 Å². The number of H-pyrrole nitrogens is 1. The second-order valence-corrected chi connectivity index (χ2v) is 10.9. The van der Waals surface area contributed by atoms with Crippen LogP contribution in [0, 0.1) is 17.8 Å². The number of rotatable bonds is 8. The molecule has 4 N–H and O–H groups in total. The predicted molar refractivity (Wildman–Crippen MR) is 140 cm³/mol. The third-order valence-electron chi connectivity index (χ3n) is 8.57. The SMILES string of the molecule is COc1cccc2[nH]c(C(=O)N3CC(C4CCCC4)CC3C(=O)NC(C[C@@H]3CCCNC3=O)C(=O)O)cc12. The minimum Gasteiger partial charge on any atom is -0.496 e. The average molecular weight is 525 g/mol. The number of ether oxygens (including phenoxy) is 1. The van der Waals surface area contributed by atoms with Crippen molar-refractivity contribution in [2.45, 2.75) is 63.5 Å². The normalized spacial score (nSPS) is 24.8. The summed E-state index contributed by atoms with van der Waals surface area (Å²) in [7, 11) is 1.58. The van der Waals surface area contributed by atoms with Gasteiger partial charge in [0.25, 0.3) is 5.91 Å². The number of aromatic nitrogens is 1. The number of nitrogens with one attached hydrogen (secondary N) is 3. The molecule has 2 aromatic rings. The molecule has 4 atom stereocenters. The summed E-state index contributed by atoms with van der Waals surface area (Å²) in [6.07, 6.45) is 6.37. The lowest BCUT2D eigenvalue weighted by molar-refractivity contribution is -0.143. The number of aliphatic carboxylic acids is 1. The van der Waals surface area contributed by atoms with Gasteiger partial charge in [0, 0.05) is 29.9 Å². The lowest BCUT2D eigenvalue weighted by Crippen LogP contribution is -2.52. The van der Waals surface area contributed by atoms with Gasteiger partial charge in [-0.05, 0) is 55.7 Å². The zero-order chi connectivity index (χ0) is 26.8. The Morgan fingerprint density at radius 1 is 1.16 bits per heavy atom. The fourth-order valence-corrected chi connectivity index (χ4v) is 6.52. The first-order valence-corrected chi connectivity index (χ1v) is 13.6. The van der Waals surface area contributed by atoms with Crippen LogP contribution in [0.4, 0.5) is 0 Å². The van der Waals surface area contributed by atoms with Crippen LogP contribution in [0.2, 0.25) is 0 Å². The number of amides is 3. The van der Waals surface area contributed by atoms with Gasteiger partial charge in [-0.15, -0.1) is 0 Å². The molecule has 1 aromatic carbocycles. The first-order chi connectivity index (χ1) is 18.4. The number of piperidine rings is 1. The molecule has 3 unspecified atom stereocenters. The Hall–Kier alpha value is -3.56. The van der Waals surface area contributed by atoms with Crippen molar-refractivity contribution in [3.8, 4) is 5.75 Å². The number of fused-ring (bicyclic) bond motifs is 1. The number of methoxy groups -OCH3 is 1. The third kappa shape index (κ3) is 5.21. The molecule has 0 bridgehead atoms. The average Bonchev–Trinajstić information content (AvgIpc) is 3.68. The first-order valence-electron chi connectivity index (χ1n) is 13.6. The molecule has 2 saturated heterocycles. The lowest BCUT2D eigenvalue weighted by atomic mass is 9.88. The van der Waals surface area contributed by atoms with Gasteiger partial charge in [0.2, 0.25) is 11.8 Å². The number of aromatic amines is 1. The van der Waals surface area contributed by atoms with E-state index in [1.165, 1.54) is 0 Å². The number of carbonyl (C=O) groups excluding carboxylic acids is 3. The van der Waals surface area contributed by atoms with E-state index in [4.69, 9.17) is 4.74 Å². The van der Waals surface area contributed by atoms with Gasteiger partial charge in [-0.25, -0.2) is 4.79 Å². The molecule has 1 aromatic heterocycles. The molecule has 10 nitrogen and oxygen atoms in total. The molecule has 3 fully saturated rings. The van der Waals surface area contributed by atoms with Gasteiger partial charge in [-0.3, -0.25) is 14.4 Å². The predicted octanol–water partition coefficient (Wildman–Crippen LogP) is 2.68. The Kier molecular flexibility index (Phi) is 7.58. The van der Waals surface area contributed by atoms with E-state index in [1.807, 2.05) is 18.2 Å². The zero-order valence-corrected chi connectivity index (χ0v) is 21.7. The summed E-state index contributed by atoms with van der Waals surface area (Å²) < 4.78 is 5.43. The molecule has 0 radical (unpaired) electrons. The molecule has 38 heavy (non-hydrogen) atoms. The summed E-state index contributed by atoms with van der Waals surface area (Å²) in [5.41, 5.74) is 1.12. The van der Waals surface area contributed by atoms with E-state index in [-0.39, 0.29) is 24.2 Å². The number of carbonyl (C=O) groups is 4. The largest absolute Gasteiger partial charge is 0.496 e. The van der Waals surface area contributed by atoms with Gasteiger partial charge in [-0.2, -0.15) is 0 Å². The van der Waals surface area contributed by atoms with Crippen LogP contribution >= 0.6 is 0 Å². The molecule has 5 rings (SSSR count). The van der Waals surface area contributed by atoms with E-state index >= 15 is 0 Å². The minimum absolute atomic E-state index is 0.0292. The van der Waals surface area contributed by atoms with E-state index in [2.05, 4.69) is 15.6 Å². The fourth-order valence-electron chi connectivity index (χ4n) is 6.52. The summed E-state index contributed by atoms with van der Waals surface area (Å²) in [4.78, 5) is 56.4. The number of hydrogen-bond acceptors (Lipinski definition) is 5. The molecule has 3 aliphatic rings. The molecule has 3 amide bonds. The van der Waals surface area contributed by atoms with Crippen LogP contribution in [0.25, 0.3) is 10.9 Å². The van der Waals surface area contributed by atoms with Gasteiger partial charge in [-0.1, -0.05) is 31.7 Å². The first kappa shape index (κ1) is 26.1. The van der Waals surface area contributed by atoms with Gasteiger partial charge >= 0.3 is 5.97 Å². The summed E-state index contributed by atoms with van der Waals surface area (Å²) in [6.45, 7) is 1.04. The highest BCUT2D eigenvalue weighted by Crippen LogP contribution is 2.39. The van der Waals surface area contributed by atoms with Gasteiger partial charge in [0.15, 0.2) is 0 Å². The van der Waals surface area contributed by atoms with Crippen molar-refractivity contribution in [3.05, 3.63) is 30.0 Å². The number of carboxylic acids is 1. The fraction of sp³-hybridized carbons (Fsp3) is 0.571. The van der Waals surface area contributed by atoms with Gasteiger partial charge in [0.05, 0.1) is 7.11 Å². The Morgan fingerprint density at radius 3 is 2.66 bits per heavy atom. The van der Waals surface area contributed by atoms with Crippen LogP contribution in [0.1, 0.15) is 61.9 Å². The molecule has 1 saturated carbocycles. The van der Waals surface area contributed by atoms with E-state index in [0.717, 1.165) is 43.0 Å². The molecule has 10 heteroatoms. The lowest BCUT2D eigenvalue weighted by Gasteiger charge is -2.27. The number of nitrogens with zero attached hydrogens (tertiary/aromatic N) is 1. The second kappa shape index (κ2) is 11.0. The maximum absolute atomic E-state index is 13.8. The summed E-state index contributed by atoms with van der Waals surface area (Å²) in [5.74, 6) is -1.30. The van der Waals surface area contributed by atoms with Crippen LogP contribution in [0.15, 0.2) is 24.3 Å². The third-order valence-corrected chi connectivity index (χ3v) is 8.57. The van der Waals surface area contributed by atoms with Crippen LogP contribution < -0.4 is 15.4 Å². The summed E-state index contributed by atoms with van der Waals surface area (Å²) in [6, 6.07) is 5.30. The summed E-state index contributed by atoms with van der Waals surface area (Å²) >= 11 is 0. The van der Waals surface area contributed by atoms with Crippen molar-refractivity contribution >= 4 is 34.6 Å². The molecule has 2 aliphatic heterocycles. The Labute approximate surface area is 221 Å². The van der Waals surface area contributed by atoms with Crippen molar-refractivity contribution in [1.29, 1.82) is 0 Å². The quantitative estimate of drug-likeness (QED) is 0.419. The number of likely N-dealkylation sites (tertiary alicyclic amines) is 1. The second-order valence-electron chi connectivity index (χ2n) is 10.9. The molecule has 204 valence electrons. The smallest absolute Gasteiger partial charge is 0.326 e. The van der Waals surface area contributed by atoms with Gasteiger partial charge < -0.3 is 30.4 Å². The summed E-state index contributed by atoms with van der Waals surface area (Å²) in [5, 5.41) is 16.1. The van der Waals surface area contributed by atoms with Crippen molar-refractivity contribution in [2.24, 2.45) is 17.8 Å². The van der Waals surface area contributed by atoms with Crippen LogP contribution in [0.5, 0.6) is 5.75 Å². The highest BCUT2D eigenvalue weighted by Gasteiger charge is 2.44. The number of hydrogen-bond donors (Lipinski definition) is 4.